The lowest BCUT2D eigenvalue weighted by atomic mass is 10.0. The van der Waals surface area contributed by atoms with Crippen molar-refractivity contribution < 1.29 is 53.1 Å². The van der Waals surface area contributed by atoms with Gasteiger partial charge in [0.15, 0.2) is 17.3 Å². The third-order valence-corrected chi connectivity index (χ3v) is 10.9. The molecule has 0 heterocycles. The summed E-state index contributed by atoms with van der Waals surface area (Å²) in [6.07, 6.45) is 1.53. The molecule has 3 aromatic rings. The van der Waals surface area contributed by atoms with E-state index >= 15 is 0 Å². The number of Topliss-reactive ketones (excluding diaryl/α,β-unsaturated/α-hetero) is 1. The van der Waals surface area contributed by atoms with Gasteiger partial charge < -0.3 is 39.4 Å². The Morgan fingerprint density at radius 1 is 1.04 bits per heavy atom. The fraction of sp³-hybridized carbons (Fsp3) is 0.359. The molecule has 0 aliphatic heterocycles. The van der Waals surface area contributed by atoms with Crippen molar-refractivity contribution in [3.05, 3.63) is 80.9 Å². The minimum Gasteiger partial charge on any atom is -0.507 e. The van der Waals surface area contributed by atoms with Crippen LogP contribution in [0.2, 0.25) is 0 Å². The number of ketones is 1. The number of methoxy groups -OCH3 is 2. The highest BCUT2D eigenvalue weighted by atomic mass is 33.1. The molecular weight excluding hydrogens is 751 g/mol. The second-order valence-corrected chi connectivity index (χ2v) is 15.3. The molecule has 4 N–H and O–H groups in total. The van der Waals surface area contributed by atoms with Crippen LogP contribution < -0.4 is 20.1 Å². The van der Waals surface area contributed by atoms with Gasteiger partial charge in [0.1, 0.15) is 30.7 Å². The zero-order chi connectivity index (χ0) is 40.4. The first-order chi connectivity index (χ1) is 26.1. The Morgan fingerprint density at radius 3 is 2.36 bits per heavy atom. The molecule has 294 valence electrons. The summed E-state index contributed by atoms with van der Waals surface area (Å²) in [5.41, 5.74) is 5.00. The van der Waals surface area contributed by atoms with E-state index in [-0.39, 0.29) is 65.7 Å². The average Bonchev–Trinajstić information content (AvgIpc) is 3.44. The second-order valence-electron chi connectivity index (χ2n) is 12.9. The van der Waals surface area contributed by atoms with E-state index in [9.17, 15) is 29.1 Å². The summed E-state index contributed by atoms with van der Waals surface area (Å²) in [4.78, 5) is 64.7. The summed E-state index contributed by atoms with van der Waals surface area (Å²) in [7, 11) is 8.83. The number of hydrogen-bond donors (Lipinski definition) is 4. The van der Waals surface area contributed by atoms with E-state index in [1.165, 1.54) is 47.6 Å². The summed E-state index contributed by atoms with van der Waals surface area (Å²) in [5, 5.41) is 24.6. The molecule has 1 aliphatic carbocycles. The number of phenols is 1. The number of likely N-dealkylation sites (N-methyl/N-ethyl adjacent to an activating group) is 1. The number of phenolic OH excluding ortho intramolecular Hbond substituents is 1. The average molecular weight is 796 g/mol. The first-order valence-corrected chi connectivity index (χ1v) is 19.4. The summed E-state index contributed by atoms with van der Waals surface area (Å²) < 4.78 is 22.0. The third-order valence-electron chi connectivity index (χ3n) is 8.47. The molecule has 0 spiro atoms. The lowest BCUT2D eigenvalue weighted by Crippen LogP contribution is -2.47. The molecule has 55 heavy (non-hydrogen) atoms. The van der Waals surface area contributed by atoms with Crippen molar-refractivity contribution in [2.75, 3.05) is 52.6 Å². The third kappa shape index (κ3) is 11.2. The van der Waals surface area contributed by atoms with E-state index in [0.717, 1.165) is 16.0 Å². The quantitative estimate of drug-likeness (QED) is 0.0754. The molecule has 3 aromatic carbocycles. The van der Waals surface area contributed by atoms with E-state index in [1.54, 1.807) is 58.3 Å². The van der Waals surface area contributed by atoms with Crippen LogP contribution in [0.25, 0.3) is 6.08 Å². The molecular formula is C39H45N3O11S2. The lowest BCUT2D eigenvalue weighted by molar-refractivity contribution is -0.142. The molecule has 0 radical (unpaired) electrons. The number of carboxylic acid groups (broad SMARTS) is 1. The summed E-state index contributed by atoms with van der Waals surface area (Å²) in [6.45, 7) is 4.42. The van der Waals surface area contributed by atoms with Gasteiger partial charge in [0.25, 0.3) is 0 Å². The Hall–Kier alpha value is -5.19. The van der Waals surface area contributed by atoms with Gasteiger partial charge in [-0.1, -0.05) is 33.7 Å². The van der Waals surface area contributed by atoms with Crippen LogP contribution in [0, 0.1) is 13.8 Å². The number of carbonyl (C=O) groups is 5. The molecule has 0 bridgehead atoms. The van der Waals surface area contributed by atoms with Crippen LogP contribution >= 0.6 is 21.6 Å². The van der Waals surface area contributed by atoms with Crippen molar-refractivity contribution in [2.45, 2.75) is 51.2 Å². The van der Waals surface area contributed by atoms with E-state index in [4.69, 9.17) is 24.1 Å². The fourth-order valence-corrected chi connectivity index (χ4v) is 8.36. The van der Waals surface area contributed by atoms with Crippen LogP contribution in [0.3, 0.4) is 0 Å². The SMILES string of the molecule is COc1cc2c(c(NC(=O)OCc3ccc(SSCC(NC(C)=O)C(=O)N(C)C)c(CCOCC(=O)O)c3)c1OC)C(=O)/C(=C/c1cc(C)c(O)c(C)c1)C2. The Bertz CT molecular complexity index is 1970. The number of aromatic hydroxyl groups is 1. The van der Waals surface area contributed by atoms with Crippen molar-refractivity contribution in [2.24, 2.45) is 0 Å². The molecule has 0 aromatic heterocycles. The number of carboxylic acids is 1. The van der Waals surface area contributed by atoms with E-state index in [1.807, 2.05) is 12.1 Å². The molecule has 1 unspecified atom stereocenters. The van der Waals surface area contributed by atoms with Gasteiger partial charge in [0.05, 0.1) is 26.4 Å². The van der Waals surface area contributed by atoms with Crippen molar-refractivity contribution in [1.82, 2.24) is 10.2 Å². The van der Waals surface area contributed by atoms with Gasteiger partial charge in [0, 0.05) is 43.7 Å². The van der Waals surface area contributed by atoms with Crippen molar-refractivity contribution in [3.8, 4) is 17.2 Å². The smallest absolute Gasteiger partial charge is 0.412 e. The standard InChI is InChI=1S/C39H45N3O11S2/c1-21-12-25(13-22(2)35(21)46)15-28-16-27-17-30(50-6)37(51-7)34(33(27)36(28)47)41-39(49)53-18-24-8-9-31(26(14-24)10-11-52-19-32(44)45)55-54-20-29(40-23(3)43)38(48)42(4)5/h8-9,12-15,17,29,46H,10-11,16,18-20H2,1-7H3,(H,40,43)(H,41,49)(H,44,45)/b28-15+. The first kappa shape index (κ1) is 42.6. The minimum absolute atomic E-state index is 0.110. The highest BCUT2D eigenvalue weighted by Crippen LogP contribution is 2.45. The summed E-state index contributed by atoms with van der Waals surface area (Å²) in [5.74, 6) is -1.01. The number of rotatable bonds is 17. The number of nitrogens with one attached hydrogen (secondary N) is 2. The number of amides is 3. The van der Waals surface area contributed by atoms with E-state index in [0.29, 0.717) is 40.0 Å². The number of ether oxygens (including phenoxy) is 4. The Kier molecular flexibility index (Phi) is 15.0. The summed E-state index contributed by atoms with van der Waals surface area (Å²) in [6, 6.07) is 9.97. The van der Waals surface area contributed by atoms with Crippen LogP contribution in [0.4, 0.5) is 10.5 Å². The van der Waals surface area contributed by atoms with Gasteiger partial charge in [-0.2, -0.15) is 0 Å². The topological polar surface area (TPSA) is 190 Å². The van der Waals surface area contributed by atoms with Crippen molar-refractivity contribution >= 4 is 63.0 Å². The normalized spacial score (nSPS) is 13.2. The maximum atomic E-state index is 13.8. The number of fused-ring (bicyclic) bond motifs is 1. The number of nitrogens with zero attached hydrogens (tertiary/aromatic N) is 1. The molecule has 16 heteroatoms. The number of anilines is 1. The molecule has 0 saturated heterocycles. The van der Waals surface area contributed by atoms with Crippen molar-refractivity contribution in [1.29, 1.82) is 0 Å². The Morgan fingerprint density at radius 2 is 1.75 bits per heavy atom. The fourth-order valence-electron chi connectivity index (χ4n) is 5.93. The monoisotopic (exact) mass is 795 g/mol. The van der Waals surface area contributed by atoms with Crippen molar-refractivity contribution in [3.63, 3.8) is 0 Å². The number of allylic oxidation sites excluding steroid dienone is 1. The predicted octanol–water partition coefficient (Wildman–Crippen LogP) is 5.57. The summed E-state index contributed by atoms with van der Waals surface area (Å²) >= 11 is 0. The van der Waals surface area contributed by atoms with Crippen LogP contribution in [0.15, 0.2) is 46.9 Å². The van der Waals surface area contributed by atoms with Crippen LogP contribution in [-0.2, 0) is 43.3 Å². The minimum atomic E-state index is -1.09. The number of carbonyl (C=O) groups excluding carboxylic acids is 4. The van der Waals surface area contributed by atoms with Crippen LogP contribution in [-0.4, -0.2) is 98.1 Å². The molecule has 14 nitrogen and oxygen atoms in total. The number of aliphatic carboxylic acids is 1. The predicted molar refractivity (Wildman–Crippen MR) is 210 cm³/mol. The second kappa shape index (κ2) is 19.4. The molecule has 1 aliphatic rings. The van der Waals surface area contributed by atoms with E-state index in [2.05, 4.69) is 10.6 Å². The zero-order valence-electron chi connectivity index (χ0n) is 31.7. The van der Waals surface area contributed by atoms with Gasteiger partial charge in [-0.25, -0.2) is 9.59 Å². The molecule has 4 rings (SSSR count). The number of aryl methyl sites for hydroxylation is 2. The number of benzene rings is 3. The molecule has 0 fully saturated rings. The largest absolute Gasteiger partial charge is 0.507 e. The Labute approximate surface area is 327 Å². The molecule has 1 atom stereocenters. The Balaban J connectivity index is 1.52. The number of hydrogen-bond acceptors (Lipinski definition) is 12. The molecule has 0 saturated carbocycles. The van der Waals surface area contributed by atoms with E-state index < -0.39 is 24.7 Å². The van der Waals surface area contributed by atoms with Gasteiger partial charge in [-0.15, -0.1) is 0 Å². The zero-order valence-corrected chi connectivity index (χ0v) is 33.3. The van der Waals surface area contributed by atoms with Crippen LogP contribution in [0.5, 0.6) is 17.2 Å². The van der Waals surface area contributed by atoms with Gasteiger partial charge >= 0.3 is 12.1 Å². The van der Waals surface area contributed by atoms with Gasteiger partial charge in [0.2, 0.25) is 11.8 Å². The first-order valence-electron chi connectivity index (χ1n) is 17.1. The van der Waals surface area contributed by atoms with Gasteiger partial charge in [-0.3, -0.25) is 19.7 Å². The van der Waals surface area contributed by atoms with Crippen LogP contribution in [0.1, 0.15) is 50.7 Å². The lowest BCUT2D eigenvalue weighted by Gasteiger charge is -2.21. The van der Waals surface area contributed by atoms with Gasteiger partial charge in [-0.05, 0) is 84.0 Å². The maximum Gasteiger partial charge on any atom is 0.412 e. The highest BCUT2D eigenvalue weighted by Gasteiger charge is 2.33. The maximum absolute atomic E-state index is 13.8. The highest BCUT2D eigenvalue weighted by molar-refractivity contribution is 8.76. The molecule has 3 amide bonds.